The summed E-state index contributed by atoms with van der Waals surface area (Å²) < 4.78 is 31.4. The summed E-state index contributed by atoms with van der Waals surface area (Å²) >= 11 is 0. The fourth-order valence-corrected chi connectivity index (χ4v) is 2.53. The Labute approximate surface area is 118 Å². The van der Waals surface area contributed by atoms with Crippen molar-refractivity contribution >= 4 is 15.7 Å². The second-order valence-corrected chi connectivity index (χ2v) is 5.99. The molecule has 106 valence electrons. The van der Waals surface area contributed by atoms with Gasteiger partial charge in [0.15, 0.2) is 0 Å². The normalized spacial score (nSPS) is 11.1. The molecule has 6 heteroatoms. The van der Waals surface area contributed by atoms with Crippen molar-refractivity contribution in [1.82, 2.24) is 0 Å². The van der Waals surface area contributed by atoms with Crippen LogP contribution in [0.4, 0.5) is 5.69 Å². The summed E-state index contributed by atoms with van der Waals surface area (Å²) in [4.78, 5) is 0. The third-order valence-electron chi connectivity index (χ3n) is 2.47. The zero-order valence-electron chi connectivity index (χ0n) is 10.8. The molecule has 0 saturated carbocycles. The average Bonchev–Trinajstić information content (AvgIpc) is 2.39. The standard InChI is InChI=1S/C14H16N2O3S/c15-9-10-20(17,18)16-12-5-4-8-14(11-12)19-13-6-2-1-3-7-13/h1-8,11,16H,9-10,15H2. The molecule has 3 N–H and O–H groups in total. The summed E-state index contributed by atoms with van der Waals surface area (Å²) in [5, 5.41) is 0. The molecule has 0 unspecified atom stereocenters. The minimum Gasteiger partial charge on any atom is -0.457 e. The van der Waals surface area contributed by atoms with Crippen molar-refractivity contribution in [3.05, 3.63) is 54.6 Å². The Morgan fingerprint density at radius 2 is 1.70 bits per heavy atom. The second-order valence-electron chi connectivity index (χ2n) is 4.15. The Bertz CT molecular complexity index is 657. The lowest BCUT2D eigenvalue weighted by Crippen LogP contribution is -2.22. The summed E-state index contributed by atoms with van der Waals surface area (Å²) in [7, 11) is -3.40. The summed E-state index contributed by atoms with van der Waals surface area (Å²) in [6, 6.07) is 16.0. The van der Waals surface area contributed by atoms with E-state index in [4.69, 9.17) is 10.5 Å². The minimum atomic E-state index is -3.40. The molecule has 0 heterocycles. The Kier molecular flexibility index (Phi) is 4.60. The van der Waals surface area contributed by atoms with Crippen molar-refractivity contribution in [2.24, 2.45) is 5.73 Å². The topological polar surface area (TPSA) is 81.4 Å². The summed E-state index contributed by atoms with van der Waals surface area (Å²) in [6.07, 6.45) is 0. The molecule has 0 bridgehead atoms. The molecule has 2 aromatic carbocycles. The van der Waals surface area contributed by atoms with Gasteiger partial charge < -0.3 is 10.5 Å². The lowest BCUT2D eigenvalue weighted by molar-refractivity contribution is 0.483. The van der Waals surface area contributed by atoms with Crippen molar-refractivity contribution in [1.29, 1.82) is 0 Å². The molecule has 0 aliphatic rings. The van der Waals surface area contributed by atoms with Gasteiger partial charge in [0.2, 0.25) is 10.0 Å². The molecule has 20 heavy (non-hydrogen) atoms. The molecule has 0 aliphatic carbocycles. The van der Waals surface area contributed by atoms with E-state index >= 15 is 0 Å². The molecule has 0 atom stereocenters. The molecule has 5 nitrogen and oxygen atoms in total. The third kappa shape index (κ3) is 4.25. The number of para-hydroxylation sites is 1. The third-order valence-corrected chi connectivity index (χ3v) is 3.79. The van der Waals surface area contributed by atoms with Crippen LogP contribution in [0.5, 0.6) is 11.5 Å². The molecule has 0 saturated heterocycles. The lowest BCUT2D eigenvalue weighted by Gasteiger charge is -2.09. The molecule has 2 rings (SSSR count). The van der Waals surface area contributed by atoms with E-state index in [2.05, 4.69) is 4.72 Å². The van der Waals surface area contributed by atoms with E-state index in [9.17, 15) is 8.42 Å². The highest BCUT2D eigenvalue weighted by Crippen LogP contribution is 2.24. The number of hydrogen-bond acceptors (Lipinski definition) is 4. The van der Waals surface area contributed by atoms with Crippen LogP contribution in [-0.4, -0.2) is 20.7 Å². The molecular formula is C14H16N2O3S. The van der Waals surface area contributed by atoms with Crippen LogP contribution in [-0.2, 0) is 10.0 Å². The Hall–Kier alpha value is -2.05. The number of nitrogens with one attached hydrogen (secondary N) is 1. The van der Waals surface area contributed by atoms with Crippen LogP contribution in [0.1, 0.15) is 0 Å². The molecule has 0 amide bonds. The maximum atomic E-state index is 11.6. The first-order valence-electron chi connectivity index (χ1n) is 6.12. The van der Waals surface area contributed by atoms with E-state index in [-0.39, 0.29) is 12.3 Å². The van der Waals surface area contributed by atoms with E-state index in [1.54, 1.807) is 24.3 Å². The van der Waals surface area contributed by atoms with Crippen LogP contribution < -0.4 is 15.2 Å². The predicted molar refractivity (Wildman–Crippen MR) is 79.4 cm³/mol. The van der Waals surface area contributed by atoms with Crippen LogP contribution in [0, 0.1) is 0 Å². The van der Waals surface area contributed by atoms with Crippen molar-refractivity contribution in [2.75, 3.05) is 17.0 Å². The van der Waals surface area contributed by atoms with Crippen LogP contribution in [0.2, 0.25) is 0 Å². The first kappa shape index (κ1) is 14.4. The molecule has 0 spiro atoms. The molecular weight excluding hydrogens is 276 g/mol. The molecule has 0 radical (unpaired) electrons. The van der Waals surface area contributed by atoms with Gasteiger partial charge in [0.05, 0.1) is 11.4 Å². The number of benzene rings is 2. The van der Waals surface area contributed by atoms with Gasteiger partial charge in [0.1, 0.15) is 11.5 Å². The fraction of sp³-hybridized carbons (Fsp3) is 0.143. The summed E-state index contributed by atoms with van der Waals surface area (Å²) in [5.41, 5.74) is 5.71. The molecule has 0 fully saturated rings. The van der Waals surface area contributed by atoms with Gasteiger partial charge in [-0.05, 0) is 24.3 Å². The Morgan fingerprint density at radius 3 is 2.40 bits per heavy atom. The van der Waals surface area contributed by atoms with Gasteiger partial charge in [-0.2, -0.15) is 0 Å². The molecule has 2 aromatic rings. The highest BCUT2D eigenvalue weighted by molar-refractivity contribution is 7.92. The Morgan fingerprint density at radius 1 is 1.00 bits per heavy atom. The highest BCUT2D eigenvalue weighted by atomic mass is 32.2. The van der Waals surface area contributed by atoms with Crippen LogP contribution >= 0.6 is 0 Å². The van der Waals surface area contributed by atoms with E-state index in [1.165, 1.54) is 0 Å². The summed E-state index contributed by atoms with van der Waals surface area (Å²) in [6.45, 7) is 0.0789. The van der Waals surface area contributed by atoms with Crippen LogP contribution in [0.15, 0.2) is 54.6 Å². The van der Waals surface area contributed by atoms with Crippen molar-refractivity contribution in [3.63, 3.8) is 0 Å². The van der Waals surface area contributed by atoms with Crippen molar-refractivity contribution in [2.45, 2.75) is 0 Å². The molecule has 0 aromatic heterocycles. The molecule has 0 aliphatic heterocycles. The number of rotatable bonds is 6. The van der Waals surface area contributed by atoms with E-state index in [1.807, 2.05) is 30.3 Å². The van der Waals surface area contributed by atoms with Gasteiger partial charge in [-0.3, -0.25) is 4.72 Å². The van der Waals surface area contributed by atoms with Gasteiger partial charge in [0, 0.05) is 12.6 Å². The van der Waals surface area contributed by atoms with Crippen LogP contribution in [0.3, 0.4) is 0 Å². The van der Waals surface area contributed by atoms with Gasteiger partial charge in [0.25, 0.3) is 0 Å². The first-order chi connectivity index (χ1) is 9.59. The number of sulfonamides is 1. The SMILES string of the molecule is NCCS(=O)(=O)Nc1cccc(Oc2ccccc2)c1. The van der Waals surface area contributed by atoms with E-state index in [0.717, 1.165) is 0 Å². The number of nitrogens with two attached hydrogens (primary N) is 1. The minimum absolute atomic E-state index is 0.0789. The van der Waals surface area contributed by atoms with Gasteiger partial charge in [-0.15, -0.1) is 0 Å². The quantitative estimate of drug-likeness (QED) is 0.855. The van der Waals surface area contributed by atoms with E-state index in [0.29, 0.717) is 17.2 Å². The second kappa shape index (κ2) is 6.40. The average molecular weight is 292 g/mol. The monoisotopic (exact) mass is 292 g/mol. The number of anilines is 1. The summed E-state index contributed by atoms with van der Waals surface area (Å²) in [5.74, 6) is 1.13. The highest BCUT2D eigenvalue weighted by Gasteiger charge is 2.09. The van der Waals surface area contributed by atoms with Gasteiger partial charge in [-0.25, -0.2) is 8.42 Å². The van der Waals surface area contributed by atoms with Crippen molar-refractivity contribution < 1.29 is 13.2 Å². The zero-order valence-corrected chi connectivity index (χ0v) is 11.6. The number of ether oxygens (including phenoxy) is 1. The fourth-order valence-electron chi connectivity index (χ4n) is 1.63. The largest absolute Gasteiger partial charge is 0.457 e. The van der Waals surface area contributed by atoms with E-state index < -0.39 is 10.0 Å². The maximum absolute atomic E-state index is 11.6. The first-order valence-corrected chi connectivity index (χ1v) is 7.78. The number of hydrogen-bond donors (Lipinski definition) is 2. The van der Waals surface area contributed by atoms with Crippen LogP contribution in [0.25, 0.3) is 0 Å². The van der Waals surface area contributed by atoms with Crippen molar-refractivity contribution in [3.8, 4) is 11.5 Å². The van der Waals surface area contributed by atoms with Gasteiger partial charge in [-0.1, -0.05) is 24.3 Å². The zero-order chi connectivity index (χ0) is 14.4. The smallest absolute Gasteiger partial charge is 0.233 e. The maximum Gasteiger partial charge on any atom is 0.233 e. The predicted octanol–water partition coefficient (Wildman–Crippen LogP) is 2.18. The Balaban J connectivity index is 2.12. The van der Waals surface area contributed by atoms with Gasteiger partial charge >= 0.3 is 0 Å². The lowest BCUT2D eigenvalue weighted by atomic mass is 10.3.